The van der Waals surface area contributed by atoms with Crippen LogP contribution in [0.3, 0.4) is 0 Å². The molecule has 0 atom stereocenters. The monoisotopic (exact) mass is 200 g/mol. The summed E-state index contributed by atoms with van der Waals surface area (Å²) in [7, 11) is 1.90. The maximum absolute atomic E-state index is 10.3. The maximum Gasteiger partial charge on any atom is 0.161 e. The average molecular weight is 200 g/mol. The molecule has 1 rings (SSSR count). The summed E-state index contributed by atoms with van der Waals surface area (Å²) in [5.41, 5.74) is 0. The molecule has 13 heavy (non-hydrogen) atoms. The summed E-state index contributed by atoms with van der Waals surface area (Å²) in [6, 6.07) is 0. The van der Waals surface area contributed by atoms with Crippen LogP contribution in [0.5, 0.6) is 0 Å². The van der Waals surface area contributed by atoms with E-state index in [0.717, 1.165) is 11.3 Å². The number of rotatable bonds is 5. The van der Waals surface area contributed by atoms with Crippen LogP contribution in [-0.2, 0) is 6.54 Å². The van der Waals surface area contributed by atoms with Gasteiger partial charge in [0.25, 0.3) is 0 Å². The van der Waals surface area contributed by atoms with E-state index in [0.29, 0.717) is 18.0 Å². The minimum absolute atomic E-state index is 0.141. The third-order valence-electron chi connectivity index (χ3n) is 1.57. The Bertz CT molecular complexity index is 275. The van der Waals surface area contributed by atoms with Gasteiger partial charge in [0.1, 0.15) is 5.01 Å². The van der Waals surface area contributed by atoms with Crippen molar-refractivity contribution in [3.8, 4) is 0 Å². The van der Waals surface area contributed by atoms with E-state index in [1.54, 1.807) is 6.20 Å². The molecule has 0 aliphatic heterocycles. The largest absolute Gasteiger partial charge is 0.395 e. The Kier molecular flexibility index (Phi) is 4.01. The van der Waals surface area contributed by atoms with Gasteiger partial charge in [-0.2, -0.15) is 0 Å². The summed E-state index contributed by atoms with van der Waals surface area (Å²) in [5, 5.41) is 9.55. The zero-order valence-corrected chi connectivity index (χ0v) is 8.25. The highest BCUT2D eigenvalue weighted by atomic mass is 32.1. The first-order valence-corrected chi connectivity index (χ1v) is 4.77. The number of thiazole rings is 1. The van der Waals surface area contributed by atoms with Gasteiger partial charge in [-0.25, -0.2) is 4.98 Å². The van der Waals surface area contributed by atoms with Crippen molar-refractivity contribution < 1.29 is 9.90 Å². The molecule has 1 aromatic heterocycles. The zero-order chi connectivity index (χ0) is 9.68. The lowest BCUT2D eigenvalue weighted by atomic mass is 10.5. The Balaban J connectivity index is 2.48. The predicted molar refractivity (Wildman–Crippen MR) is 50.9 cm³/mol. The van der Waals surface area contributed by atoms with Gasteiger partial charge < -0.3 is 5.11 Å². The van der Waals surface area contributed by atoms with Gasteiger partial charge in [0.2, 0.25) is 0 Å². The standard InChI is InChI=1S/C8H12N2O2S/c1-10(2-3-11)5-8-9-4-7(6-12)13-8/h4,6,11H,2-3,5H2,1H3. The number of carbonyl (C=O) groups excluding carboxylic acids is 1. The Morgan fingerprint density at radius 1 is 1.77 bits per heavy atom. The fourth-order valence-electron chi connectivity index (χ4n) is 0.933. The zero-order valence-electron chi connectivity index (χ0n) is 7.43. The Morgan fingerprint density at radius 3 is 3.08 bits per heavy atom. The molecule has 0 aliphatic carbocycles. The molecule has 5 heteroatoms. The van der Waals surface area contributed by atoms with E-state index < -0.39 is 0 Å². The summed E-state index contributed by atoms with van der Waals surface area (Å²) in [5.74, 6) is 0. The summed E-state index contributed by atoms with van der Waals surface area (Å²) >= 11 is 1.38. The molecule has 0 saturated carbocycles. The molecule has 1 N–H and O–H groups in total. The van der Waals surface area contributed by atoms with Crippen molar-refractivity contribution in [2.24, 2.45) is 0 Å². The van der Waals surface area contributed by atoms with Crippen LogP contribution < -0.4 is 0 Å². The van der Waals surface area contributed by atoms with Crippen LogP contribution in [0, 0.1) is 0 Å². The Hall–Kier alpha value is -0.780. The molecule has 0 spiro atoms. The smallest absolute Gasteiger partial charge is 0.161 e. The van der Waals surface area contributed by atoms with Gasteiger partial charge in [-0.05, 0) is 7.05 Å². The van der Waals surface area contributed by atoms with Gasteiger partial charge >= 0.3 is 0 Å². The van der Waals surface area contributed by atoms with Gasteiger partial charge in [0.15, 0.2) is 6.29 Å². The van der Waals surface area contributed by atoms with E-state index in [1.807, 2.05) is 11.9 Å². The molecule has 0 saturated heterocycles. The van der Waals surface area contributed by atoms with Gasteiger partial charge in [-0.15, -0.1) is 11.3 Å². The molecule has 1 heterocycles. The second-order valence-electron chi connectivity index (χ2n) is 2.74. The number of hydrogen-bond acceptors (Lipinski definition) is 5. The molecule has 0 aliphatic rings. The predicted octanol–water partition coefficient (Wildman–Crippen LogP) is 0.380. The number of likely N-dealkylation sites (N-methyl/N-ethyl adjacent to an activating group) is 1. The van der Waals surface area contributed by atoms with Gasteiger partial charge in [0.05, 0.1) is 18.0 Å². The van der Waals surface area contributed by atoms with Crippen molar-refractivity contribution in [2.45, 2.75) is 6.54 Å². The molecule has 0 bridgehead atoms. The van der Waals surface area contributed by atoms with Gasteiger partial charge in [-0.3, -0.25) is 9.69 Å². The highest BCUT2D eigenvalue weighted by Crippen LogP contribution is 2.11. The molecular formula is C8H12N2O2S. The molecule has 4 nitrogen and oxygen atoms in total. The molecule has 0 aromatic carbocycles. The van der Waals surface area contributed by atoms with E-state index in [1.165, 1.54) is 11.3 Å². The second kappa shape index (κ2) is 5.06. The molecule has 0 radical (unpaired) electrons. The first-order chi connectivity index (χ1) is 6.26. The number of nitrogens with zero attached hydrogens (tertiary/aromatic N) is 2. The van der Waals surface area contributed by atoms with Crippen LogP contribution in [-0.4, -0.2) is 41.5 Å². The number of aromatic nitrogens is 1. The van der Waals surface area contributed by atoms with Crippen LogP contribution in [0.1, 0.15) is 14.7 Å². The van der Waals surface area contributed by atoms with E-state index in [4.69, 9.17) is 5.11 Å². The minimum Gasteiger partial charge on any atom is -0.395 e. The van der Waals surface area contributed by atoms with Gasteiger partial charge in [-0.1, -0.05) is 0 Å². The van der Waals surface area contributed by atoms with E-state index in [-0.39, 0.29) is 6.61 Å². The lowest BCUT2D eigenvalue weighted by Gasteiger charge is -2.12. The van der Waals surface area contributed by atoms with Crippen molar-refractivity contribution in [2.75, 3.05) is 20.2 Å². The Morgan fingerprint density at radius 2 is 2.54 bits per heavy atom. The molecule has 1 aromatic rings. The fourth-order valence-corrected chi connectivity index (χ4v) is 1.75. The maximum atomic E-state index is 10.3. The molecule has 0 amide bonds. The van der Waals surface area contributed by atoms with E-state index >= 15 is 0 Å². The van der Waals surface area contributed by atoms with Crippen molar-refractivity contribution in [1.29, 1.82) is 0 Å². The molecule has 72 valence electrons. The number of hydrogen-bond donors (Lipinski definition) is 1. The highest BCUT2D eigenvalue weighted by molar-refractivity contribution is 7.13. The summed E-state index contributed by atoms with van der Waals surface area (Å²) < 4.78 is 0. The second-order valence-corrected chi connectivity index (χ2v) is 3.88. The summed E-state index contributed by atoms with van der Waals surface area (Å²) in [6.07, 6.45) is 2.37. The van der Waals surface area contributed by atoms with Gasteiger partial charge in [0, 0.05) is 12.7 Å². The van der Waals surface area contributed by atoms with Crippen molar-refractivity contribution in [3.63, 3.8) is 0 Å². The number of carbonyl (C=O) groups is 1. The van der Waals surface area contributed by atoms with Crippen LogP contribution in [0.25, 0.3) is 0 Å². The topological polar surface area (TPSA) is 53.4 Å². The quantitative estimate of drug-likeness (QED) is 0.698. The van der Waals surface area contributed by atoms with Crippen LogP contribution in [0.4, 0.5) is 0 Å². The lowest BCUT2D eigenvalue weighted by molar-refractivity contribution is 0.112. The third kappa shape index (κ3) is 3.22. The van der Waals surface area contributed by atoms with Crippen molar-refractivity contribution >= 4 is 17.6 Å². The first kappa shape index (κ1) is 10.3. The molecular weight excluding hydrogens is 188 g/mol. The van der Waals surface area contributed by atoms with Crippen molar-refractivity contribution in [1.82, 2.24) is 9.88 Å². The third-order valence-corrected chi connectivity index (χ3v) is 2.48. The molecule has 0 fully saturated rings. The SMILES string of the molecule is CN(CCO)Cc1ncc(C=O)s1. The Labute approximate surface area is 80.8 Å². The van der Waals surface area contributed by atoms with Crippen LogP contribution in [0.2, 0.25) is 0 Å². The molecule has 0 unspecified atom stereocenters. The summed E-state index contributed by atoms with van der Waals surface area (Å²) in [4.78, 5) is 17.0. The first-order valence-electron chi connectivity index (χ1n) is 3.95. The highest BCUT2D eigenvalue weighted by Gasteiger charge is 2.03. The minimum atomic E-state index is 0.141. The normalized spacial score (nSPS) is 10.7. The number of aldehydes is 1. The van der Waals surface area contributed by atoms with Crippen LogP contribution in [0.15, 0.2) is 6.20 Å². The lowest BCUT2D eigenvalue weighted by Crippen LogP contribution is -2.21. The summed E-state index contributed by atoms with van der Waals surface area (Å²) in [6.45, 7) is 1.44. The average Bonchev–Trinajstić information content (AvgIpc) is 2.52. The van der Waals surface area contributed by atoms with E-state index in [9.17, 15) is 4.79 Å². The number of aliphatic hydroxyl groups is 1. The fraction of sp³-hybridized carbons (Fsp3) is 0.500. The van der Waals surface area contributed by atoms with Crippen molar-refractivity contribution in [3.05, 3.63) is 16.1 Å². The van der Waals surface area contributed by atoms with E-state index in [2.05, 4.69) is 4.98 Å². The number of aliphatic hydroxyl groups excluding tert-OH is 1. The van der Waals surface area contributed by atoms with Crippen LogP contribution >= 0.6 is 11.3 Å².